The lowest BCUT2D eigenvalue weighted by Gasteiger charge is -2.18. The zero-order valence-corrected chi connectivity index (χ0v) is 9.78. The van der Waals surface area contributed by atoms with Crippen molar-refractivity contribution in [3.8, 4) is 12.3 Å². The van der Waals surface area contributed by atoms with Gasteiger partial charge in [0.25, 0.3) is 0 Å². The highest BCUT2D eigenvalue weighted by atomic mass is 79.9. The molecule has 0 amide bonds. The van der Waals surface area contributed by atoms with Crippen LogP contribution in [-0.4, -0.2) is 4.98 Å². The molecule has 1 nitrogen and oxygen atoms in total. The minimum Gasteiger partial charge on any atom is -0.243 e. The molecule has 0 unspecified atom stereocenters. The molecule has 1 aromatic rings. The minimum atomic E-state index is -0.381. The highest BCUT2D eigenvalue weighted by molar-refractivity contribution is 9.10. The van der Waals surface area contributed by atoms with Crippen LogP contribution in [0.1, 0.15) is 19.4 Å². The lowest BCUT2D eigenvalue weighted by Crippen LogP contribution is -2.15. The van der Waals surface area contributed by atoms with Gasteiger partial charge in [0.15, 0.2) is 0 Å². The molecule has 1 aromatic heterocycles. The predicted octanol–water partition coefficient (Wildman–Crippen LogP) is 3.41. The number of hydrogen-bond acceptors (Lipinski definition) is 1. The highest BCUT2D eigenvalue weighted by Crippen LogP contribution is 2.29. The molecule has 0 fully saturated rings. The van der Waals surface area contributed by atoms with E-state index in [0.717, 1.165) is 10.0 Å². The average Bonchev–Trinajstić information content (AvgIpc) is 2.09. The maximum absolute atomic E-state index is 5.93. The Kier molecular flexibility index (Phi) is 3.00. The molecule has 0 aliphatic rings. The van der Waals surface area contributed by atoms with E-state index in [4.69, 9.17) is 18.0 Å². The summed E-state index contributed by atoms with van der Waals surface area (Å²) in [5.41, 5.74) is 0.486. The molecule has 0 atom stereocenters. The largest absolute Gasteiger partial charge is 0.243 e. The van der Waals surface area contributed by atoms with Gasteiger partial charge in [-0.15, -0.1) is 6.42 Å². The highest BCUT2D eigenvalue weighted by Gasteiger charge is 2.21. The number of halogens is 2. The van der Waals surface area contributed by atoms with E-state index in [-0.39, 0.29) is 5.41 Å². The zero-order valence-electron chi connectivity index (χ0n) is 7.44. The second kappa shape index (κ2) is 3.69. The number of pyridine rings is 1. The number of hydrogen-bond donors (Lipinski definition) is 0. The summed E-state index contributed by atoms with van der Waals surface area (Å²) in [6.45, 7) is 3.87. The van der Waals surface area contributed by atoms with Crippen LogP contribution in [0.4, 0.5) is 0 Å². The second-order valence-electron chi connectivity index (χ2n) is 3.26. The predicted molar refractivity (Wildman–Crippen MR) is 58.8 cm³/mol. The smallest absolute Gasteiger partial charge is 0.133 e. The van der Waals surface area contributed by atoms with Gasteiger partial charge in [0, 0.05) is 16.2 Å². The third-order valence-electron chi connectivity index (χ3n) is 1.84. The molecule has 3 heteroatoms. The van der Waals surface area contributed by atoms with Gasteiger partial charge >= 0.3 is 0 Å². The molecule has 68 valence electrons. The van der Waals surface area contributed by atoms with Gasteiger partial charge < -0.3 is 0 Å². The summed E-state index contributed by atoms with van der Waals surface area (Å²) in [6, 6.07) is 1.90. The summed E-state index contributed by atoms with van der Waals surface area (Å²) < 4.78 is 0.884. The van der Waals surface area contributed by atoms with Crippen molar-refractivity contribution in [1.82, 2.24) is 4.98 Å². The molecule has 1 rings (SSSR count). The Morgan fingerprint density at radius 2 is 2.23 bits per heavy atom. The standard InChI is InChI=1S/C10H9BrClN/c1-4-10(2,3)8-5-7(11)6-13-9(8)12/h1,5-6H,2-3H3. The van der Waals surface area contributed by atoms with Gasteiger partial charge in [-0.2, -0.15) is 0 Å². The van der Waals surface area contributed by atoms with Crippen molar-refractivity contribution in [1.29, 1.82) is 0 Å². The quantitative estimate of drug-likeness (QED) is 0.556. The summed E-state index contributed by atoms with van der Waals surface area (Å²) >= 11 is 9.26. The molecule has 0 aromatic carbocycles. The Morgan fingerprint density at radius 1 is 1.62 bits per heavy atom. The van der Waals surface area contributed by atoms with E-state index in [0.29, 0.717) is 5.15 Å². The van der Waals surface area contributed by atoms with Gasteiger partial charge in [0.05, 0.1) is 5.41 Å². The van der Waals surface area contributed by atoms with Gasteiger partial charge in [-0.1, -0.05) is 17.5 Å². The van der Waals surface area contributed by atoms with Crippen molar-refractivity contribution < 1.29 is 0 Å². The van der Waals surface area contributed by atoms with E-state index in [1.807, 2.05) is 19.9 Å². The summed E-state index contributed by atoms with van der Waals surface area (Å²) in [5.74, 6) is 2.68. The molecule has 0 aliphatic carbocycles. The van der Waals surface area contributed by atoms with Crippen LogP contribution in [0, 0.1) is 12.3 Å². The Morgan fingerprint density at radius 3 is 2.77 bits per heavy atom. The molecule has 0 N–H and O–H groups in total. The van der Waals surface area contributed by atoms with Crippen molar-refractivity contribution in [2.24, 2.45) is 0 Å². The van der Waals surface area contributed by atoms with Crippen LogP contribution in [0.2, 0.25) is 5.15 Å². The lowest BCUT2D eigenvalue weighted by atomic mass is 9.87. The van der Waals surface area contributed by atoms with Gasteiger partial charge in [-0.05, 0) is 35.8 Å². The van der Waals surface area contributed by atoms with Crippen molar-refractivity contribution in [3.63, 3.8) is 0 Å². The topological polar surface area (TPSA) is 12.9 Å². The summed E-state index contributed by atoms with van der Waals surface area (Å²) in [6.07, 6.45) is 7.06. The third-order valence-corrected chi connectivity index (χ3v) is 2.57. The van der Waals surface area contributed by atoms with Crippen LogP contribution in [0.3, 0.4) is 0 Å². The second-order valence-corrected chi connectivity index (χ2v) is 4.53. The van der Waals surface area contributed by atoms with Crippen LogP contribution in [0.15, 0.2) is 16.7 Å². The minimum absolute atomic E-state index is 0.381. The van der Waals surface area contributed by atoms with Crippen molar-refractivity contribution >= 4 is 27.5 Å². The lowest BCUT2D eigenvalue weighted by molar-refractivity contribution is 0.694. The maximum atomic E-state index is 5.93. The fourth-order valence-electron chi connectivity index (χ4n) is 0.939. The Hall–Kier alpha value is -0.520. The van der Waals surface area contributed by atoms with E-state index in [2.05, 4.69) is 26.8 Å². The van der Waals surface area contributed by atoms with E-state index >= 15 is 0 Å². The molecule has 0 aliphatic heterocycles. The summed E-state index contributed by atoms with van der Waals surface area (Å²) in [7, 11) is 0. The number of terminal acetylenes is 1. The van der Waals surface area contributed by atoms with Crippen LogP contribution in [0.25, 0.3) is 0 Å². The van der Waals surface area contributed by atoms with Crippen molar-refractivity contribution in [2.75, 3.05) is 0 Å². The molecule has 0 saturated carbocycles. The average molecular weight is 259 g/mol. The summed E-state index contributed by atoms with van der Waals surface area (Å²) in [5, 5.41) is 0.464. The molecule has 0 radical (unpaired) electrons. The Bertz CT molecular complexity index is 366. The van der Waals surface area contributed by atoms with E-state index in [1.165, 1.54) is 0 Å². The maximum Gasteiger partial charge on any atom is 0.133 e. The fourth-order valence-corrected chi connectivity index (χ4v) is 1.61. The van der Waals surface area contributed by atoms with Crippen molar-refractivity contribution in [2.45, 2.75) is 19.3 Å². The Labute approximate surface area is 91.6 Å². The van der Waals surface area contributed by atoms with Gasteiger partial charge in [-0.3, -0.25) is 0 Å². The first kappa shape index (κ1) is 10.6. The zero-order chi connectivity index (χ0) is 10.1. The summed E-state index contributed by atoms with van der Waals surface area (Å²) in [4.78, 5) is 4.02. The molecule has 0 bridgehead atoms. The monoisotopic (exact) mass is 257 g/mol. The van der Waals surface area contributed by atoms with Crippen molar-refractivity contribution in [3.05, 3.63) is 27.5 Å². The molecular formula is C10H9BrClN. The normalized spacial score (nSPS) is 11.0. The molecule has 13 heavy (non-hydrogen) atoms. The van der Waals surface area contributed by atoms with E-state index < -0.39 is 0 Å². The van der Waals surface area contributed by atoms with E-state index in [9.17, 15) is 0 Å². The SMILES string of the molecule is C#CC(C)(C)c1cc(Br)cnc1Cl. The van der Waals surface area contributed by atoms with Crippen LogP contribution < -0.4 is 0 Å². The molecule has 0 spiro atoms. The third kappa shape index (κ3) is 2.24. The molecule has 1 heterocycles. The number of rotatable bonds is 1. The van der Waals surface area contributed by atoms with Gasteiger partial charge in [0.1, 0.15) is 5.15 Å². The van der Waals surface area contributed by atoms with Crippen LogP contribution >= 0.6 is 27.5 Å². The first-order chi connectivity index (χ1) is 5.97. The first-order valence-corrected chi connectivity index (χ1v) is 4.94. The molecule has 0 saturated heterocycles. The van der Waals surface area contributed by atoms with Crippen LogP contribution in [-0.2, 0) is 5.41 Å². The van der Waals surface area contributed by atoms with Crippen LogP contribution in [0.5, 0.6) is 0 Å². The molecular weight excluding hydrogens is 249 g/mol. The van der Waals surface area contributed by atoms with Gasteiger partial charge in [-0.25, -0.2) is 4.98 Å². The van der Waals surface area contributed by atoms with E-state index in [1.54, 1.807) is 6.20 Å². The van der Waals surface area contributed by atoms with Gasteiger partial charge in [0.2, 0.25) is 0 Å². The Balaban J connectivity index is 3.30. The first-order valence-electron chi connectivity index (χ1n) is 3.76. The fraction of sp³-hybridized carbons (Fsp3) is 0.300. The number of nitrogens with zero attached hydrogens (tertiary/aromatic N) is 1. The number of aromatic nitrogens is 1.